The van der Waals surface area contributed by atoms with Gasteiger partial charge in [0.2, 0.25) is 5.75 Å². The van der Waals surface area contributed by atoms with E-state index in [-0.39, 0.29) is 5.91 Å². The van der Waals surface area contributed by atoms with E-state index in [1.807, 2.05) is 42.5 Å². The number of hydrogen-bond acceptors (Lipinski definition) is 5. The Morgan fingerprint density at radius 2 is 1.53 bits per heavy atom. The summed E-state index contributed by atoms with van der Waals surface area (Å²) in [5.74, 6) is 1.39. The summed E-state index contributed by atoms with van der Waals surface area (Å²) in [5, 5.41) is 4.07. The number of fused-ring (bicyclic) bond motifs is 1. The van der Waals surface area contributed by atoms with E-state index >= 15 is 0 Å². The number of rotatable bonds is 5. The van der Waals surface area contributed by atoms with E-state index in [9.17, 15) is 4.79 Å². The topological polar surface area (TPSA) is 60.0 Å². The van der Waals surface area contributed by atoms with Gasteiger partial charge >= 0.3 is 0 Å². The van der Waals surface area contributed by atoms with Gasteiger partial charge in [0.05, 0.1) is 26.9 Å². The zero-order chi connectivity index (χ0) is 21.3. The minimum Gasteiger partial charge on any atom is -0.493 e. The largest absolute Gasteiger partial charge is 0.493 e. The summed E-state index contributed by atoms with van der Waals surface area (Å²) >= 11 is 6.07. The third kappa shape index (κ3) is 3.39. The van der Waals surface area contributed by atoms with Crippen LogP contribution < -0.4 is 24.4 Å². The number of anilines is 2. The molecule has 7 heteroatoms. The number of amides is 1. The molecule has 0 bridgehead atoms. The van der Waals surface area contributed by atoms with Crippen LogP contribution in [0.3, 0.4) is 0 Å². The number of carbonyl (C=O) groups is 1. The van der Waals surface area contributed by atoms with Crippen LogP contribution in [0.2, 0.25) is 5.02 Å². The summed E-state index contributed by atoms with van der Waals surface area (Å²) in [6.45, 7) is 0. The second-order valence-electron chi connectivity index (χ2n) is 6.70. The van der Waals surface area contributed by atoms with Gasteiger partial charge < -0.3 is 19.5 Å². The number of ether oxygens (including phenoxy) is 3. The number of halogens is 1. The Kier molecular flexibility index (Phi) is 5.42. The molecule has 1 heterocycles. The van der Waals surface area contributed by atoms with Gasteiger partial charge in [0, 0.05) is 22.0 Å². The zero-order valence-corrected chi connectivity index (χ0v) is 17.6. The van der Waals surface area contributed by atoms with Gasteiger partial charge in [-0.05, 0) is 48.5 Å². The van der Waals surface area contributed by atoms with Crippen molar-refractivity contribution < 1.29 is 19.0 Å². The summed E-state index contributed by atoms with van der Waals surface area (Å²) < 4.78 is 16.5. The van der Waals surface area contributed by atoms with Gasteiger partial charge in [-0.15, -0.1) is 0 Å². The van der Waals surface area contributed by atoms with Crippen LogP contribution in [0.1, 0.15) is 22.1 Å². The first-order valence-corrected chi connectivity index (χ1v) is 9.69. The third-order valence-corrected chi connectivity index (χ3v) is 5.29. The first-order chi connectivity index (χ1) is 14.6. The Bertz CT molecular complexity index is 1060. The van der Waals surface area contributed by atoms with Gasteiger partial charge in [0.25, 0.3) is 5.91 Å². The molecular weight excluding hydrogens is 404 g/mol. The Morgan fingerprint density at radius 1 is 0.900 bits per heavy atom. The molecule has 30 heavy (non-hydrogen) atoms. The van der Waals surface area contributed by atoms with Crippen molar-refractivity contribution in [1.29, 1.82) is 0 Å². The molecule has 0 aromatic heterocycles. The van der Waals surface area contributed by atoms with Gasteiger partial charge in [-0.1, -0.05) is 23.7 Å². The Balaban J connectivity index is 1.89. The Hall–Kier alpha value is -3.38. The van der Waals surface area contributed by atoms with E-state index in [1.54, 1.807) is 44.4 Å². The molecule has 0 saturated heterocycles. The van der Waals surface area contributed by atoms with E-state index in [0.717, 1.165) is 11.3 Å². The molecule has 3 aromatic carbocycles. The van der Waals surface area contributed by atoms with E-state index in [0.29, 0.717) is 33.5 Å². The molecule has 1 aliphatic rings. The van der Waals surface area contributed by atoms with Crippen LogP contribution in [-0.2, 0) is 0 Å². The summed E-state index contributed by atoms with van der Waals surface area (Å²) in [6.07, 6.45) is -0.498. The molecule has 1 atom stereocenters. The number of benzene rings is 3. The molecule has 0 radical (unpaired) electrons. The summed E-state index contributed by atoms with van der Waals surface area (Å²) in [7, 11) is 4.68. The molecule has 0 fully saturated rings. The van der Waals surface area contributed by atoms with E-state index in [4.69, 9.17) is 25.8 Å². The highest BCUT2D eigenvalue weighted by Crippen LogP contribution is 2.43. The SMILES string of the molecule is COc1cc(C2Nc3ccccc3C(=O)N2c2ccc(Cl)cc2)cc(OC)c1OC. The van der Waals surface area contributed by atoms with E-state index < -0.39 is 6.17 Å². The number of para-hydroxylation sites is 1. The van der Waals surface area contributed by atoms with Gasteiger partial charge in [0.15, 0.2) is 11.5 Å². The van der Waals surface area contributed by atoms with E-state index in [2.05, 4.69) is 5.32 Å². The Morgan fingerprint density at radius 3 is 2.13 bits per heavy atom. The molecule has 6 nitrogen and oxygen atoms in total. The molecule has 154 valence electrons. The molecule has 0 aliphatic carbocycles. The van der Waals surface area contributed by atoms with Crippen LogP contribution in [0.4, 0.5) is 11.4 Å². The number of nitrogens with zero attached hydrogens (tertiary/aromatic N) is 1. The van der Waals surface area contributed by atoms with Gasteiger partial charge in [-0.3, -0.25) is 9.69 Å². The lowest BCUT2D eigenvalue weighted by atomic mass is 10.0. The zero-order valence-electron chi connectivity index (χ0n) is 16.8. The fourth-order valence-electron chi connectivity index (χ4n) is 3.61. The first kappa shape index (κ1) is 19.9. The number of methoxy groups -OCH3 is 3. The molecule has 1 amide bonds. The van der Waals surface area contributed by atoms with Crippen LogP contribution in [0.15, 0.2) is 60.7 Å². The molecule has 0 saturated carbocycles. The maximum absolute atomic E-state index is 13.5. The molecule has 3 aromatic rings. The highest BCUT2D eigenvalue weighted by molar-refractivity contribution is 6.30. The lowest BCUT2D eigenvalue weighted by Gasteiger charge is -2.38. The minimum absolute atomic E-state index is 0.120. The van der Waals surface area contributed by atoms with Crippen molar-refractivity contribution in [2.75, 3.05) is 31.5 Å². The van der Waals surface area contributed by atoms with Crippen LogP contribution in [0.5, 0.6) is 17.2 Å². The monoisotopic (exact) mass is 424 g/mol. The van der Waals surface area contributed by atoms with Crippen molar-refractivity contribution in [3.05, 3.63) is 76.8 Å². The summed E-state index contributed by atoms with van der Waals surface area (Å²) in [6, 6.07) is 18.3. The predicted molar refractivity (Wildman–Crippen MR) is 117 cm³/mol. The highest BCUT2D eigenvalue weighted by atomic mass is 35.5. The van der Waals surface area contributed by atoms with Gasteiger partial charge in [-0.2, -0.15) is 0 Å². The number of carbonyl (C=O) groups excluding carboxylic acids is 1. The maximum Gasteiger partial charge on any atom is 0.262 e. The van der Waals surface area contributed by atoms with Crippen molar-refractivity contribution in [3.8, 4) is 17.2 Å². The maximum atomic E-state index is 13.5. The minimum atomic E-state index is -0.498. The van der Waals surface area contributed by atoms with E-state index in [1.165, 1.54) is 0 Å². The fourth-order valence-corrected chi connectivity index (χ4v) is 3.74. The molecule has 1 aliphatic heterocycles. The molecule has 4 rings (SSSR count). The first-order valence-electron chi connectivity index (χ1n) is 9.32. The second kappa shape index (κ2) is 8.16. The van der Waals surface area contributed by atoms with Crippen LogP contribution in [0.25, 0.3) is 0 Å². The van der Waals surface area contributed by atoms with Crippen molar-refractivity contribution >= 4 is 28.9 Å². The Labute approximate surface area is 179 Å². The quantitative estimate of drug-likeness (QED) is 0.614. The lowest BCUT2D eigenvalue weighted by molar-refractivity contribution is 0.0975. The third-order valence-electron chi connectivity index (χ3n) is 5.03. The standard InChI is InChI=1S/C23H21ClN2O4/c1-28-19-12-14(13-20(29-2)21(19)30-3)22-25-18-7-5-4-6-17(18)23(27)26(22)16-10-8-15(24)9-11-16/h4-13,22,25H,1-3H3. The molecular formula is C23H21ClN2O4. The summed E-state index contributed by atoms with van der Waals surface area (Å²) in [5.41, 5.74) is 2.84. The van der Waals surface area contributed by atoms with Gasteiger partial charge in [-0.25, -0.2) is 0 Å². The van der Waals surface area contributed by atoms with Gasteiger partial charge in [0.1, 0.15) is 6.17 Å². The summed E-state index contributed by atoms with van der Waals surface area (Å²) in [4.78, 5) is 15.2. The normalized spacial score (nSPS) is 15.3. The average Bonchev–Trinajstić information content (AvgIpc) is 2.78. The van der Waals surface area contributed by atoms with Crippen molar-refractivity contribution in [2.45, 2.75) is 6.17 Å². The van der Waals surface area contributed by atoms with Crippen LogP contribution in [-0.4, -0.2) is 27.2 Å². The van der Waals surface area contributed by atoms with Crippen molar-refractivity contribution in [1.82, 2.24) is 0 Å². The predicted octanol–water partition coefficient (Wildman–Crippen LogP) is 5.14. The number of hydrogen-bond donors (Lipinski definition) is 1. The van der Waals surface area contributed by atoms with Crippen molar-refractivity contribution in [2.24, 2.45) is 0 Å². The lowest BCUT2D eigenvalue weighted by Crippen LogP contribution is -2.43. The smallest absolute Gasteiger partial charge is 0.262 e. The van der Waals surface area contributed by atoms with Crippen LogP contribution >= 0.6 is 11.6 Å². The average molecular weight is 425 g/mol. The fraction of sp³-hybridized carbons (Fsp3) is 0.174. The second-order valence-corrected chi connectivity index (χ2v) is 7.14. The molecule has 0 spiro atoms. The molecule has 1 N–H and O–H groups in total. The molecule has 1 unspecified atom stereocenters. The van der Waals surface area contributed by atoms with Crippen LogP contribution in [0, 0.1) is 0 Å². The number of nitrogens with one attached hydrogen (secondary N) is 1. The van der Waals surface area contributed by atoms with Crippen molar-refractivity contribution in [3.63, 3.8) is 0 Å². The highest BCUT2D eigenvalue weighted by Gasteiger charge is 2.35.